The van der Waals surface area contributed by atoms with Crippen LogP contribution in [0.1, 0.15) is 19.7 Å². The average molecular weight is 254 g/mol. The van der Waals surface area contributed by atoms with Crippen LogP contribution in [-0.4, -0.2) is 35.1 Å². The van der Waals surface area contributed by atoms with Crippen LogP contribution in [0.15, 0.2) is 10.9 Å². The Morgan fingerprint density at radius 1 is 1.67 bits per heavy atom. The van der Waals surface area contributed by atoms with E-state index in [1.165, 1.54) is 6.07 Å². The Bertz CT molecular complexity index is 458. The molecule has 0 spiro atoms. The van der Waals surface area contributed by atoms with E-state index in [-0.39, 0.29) is 17.3 Å². The summed E-state index contributed by atoms with van der Waals surface area (Å²) in [5.74, 6) is 0.426. The number of ether oxygens (including phenoxy) is 1. The Morgan fingerprint density at radius 3 is 3.00 bits per heavy atom. The lowest BCUT2D eigenvalue weighted by atomic mass is 10.3. The standard InChI is InChI=1S/C11H18N4O3/c1-3-18-7(2)11(17)13-5-4-9-14-8(12)6-10(16)15-9/h6-7H,3-5H2,1-2H3,(H,13,17)(H3,12,14,15,16). The van der Waals surface area contributed by atoms with E-state index >= 15 is 0 Å². The summed E-state index contributed by atoms with van der Waals surface area (Å²) in [4.78, 5) is 29.1. The summed E-state index contributed by atoms with van der Waals surface area (Å²) in [6, 6.07) is 1.21. The molecule has 1 heterocycles. The van der Waals surface area contributed by atoms with Crippen molar-refractivity contribution in [3.63, 3.8) is 0 Å². The van der Waals surface area contributed by atoms with Gasteiger partial charge in [-0.2, -0.15) is 0 Å². The summed E-state index contributed by atoms with van der Waals surface area (Å²) in [6.45, 7) is 4.35. The fraction of sp³-hybridized carbons (Fsp3) is 0.545. The average Bonchev–Trinajstić information content (AvgIpc) is 2.27. The quantitative estimate of drug-likeness (QED) is 0.630. The largest absolute Gasteiger partial charge is 0.383 e. The molecule has 1 aromatic heterocycles. The van der Waals surface area contributed by atoms with Crippen LogP contribution in [-0.2, 0) is 16.0 Å². The van der Waals surface area contributed by atoms with Gasteiger partial charge in [-0.1, -0.05) is 0 Å². The topological polar surface area (TPSA) is 110 Å². The highest BCUT2D eigenvalue weighted by molar-refractivity contribution is 5.80. The summed E-state index contributed by atoms with van der Waals surface area (Å²) in [5.41, 5.74) is 5.14. The first-order chi connectivity index (χ1) is 8.52. The van der Waals surface area contributed by atoms with Crippen LogP contribution in [0.25, 0.3) is 0 Å². The summed E-state index contributed by atoms with van der Waals surface area (Å²) in [5, 5.41) is 2.69. The van der Waals surface area contributed by atoms with E-state index in [4.69, 9.17) is 10.5 Å². The molecule has 100 valence electrons. The molecule has 7 heteroatoms. The van der Waals surface area contributed by atoms with Crippen molar-refractivity contribution in [2.75, 3.05) is 18.9 Å². The van der Waals surface area contributed by atoms with Crippen molar-refractivity contribution in [2.24, 2.45) is 0 Å². The van der Waals surface area contributed by atoms with Gasteiger partial charge < -0.3 is 20.8 Å². The number of rotatable bonds is 6. The minimum atomic E-state index is -0.483. The van der Waals surface area contributed by atoms with E-state index in [1.807, 2.05) is 6.92 Å². The van der Waals surface area contributed by atoms with Crippen LogP contribution in [0.3, 0.4) is 0 Å². The smallest absolute Gasteiger partial charge is 0.252 e. The van der Waals surface area contributed by atoms with E-state index < -0.39 is 6.10 Å². The molecule has 0 aliphatic rings. The lowest BCUT2D eigenvalue weighted by molar-refractivity contribution is -0.131. The number of hydrogen-bond acceptors (Lipinski definition) is 5. The molecule has 4 N–H and O–H groups in total. The number of nitrogens with one attached hydrogen (secondary N) is 2. The molecule has 1 rings (SSSR count). The lowest BCUT2D eigenvalue weighted by Crippen LogP contribution is -2.36. The summed E-state index contributed by atoms with van der Waals surface area (Å²) < 4.78 is 5.14. The number of anilines is 1. The van der Waals surface area contributed by atoms with Crippen molar-refractivity contribution >= 4 is 11.7 Å². The van der Waals surface area contributed by atoms with Crippen molar-refractivity contribution in [2.45, 2.75) is 26.4 Å². The predicted molar refractivity (Wildman–Crippen MR) is 67.1 cm³/mol. The van der Waals surface area contributed by atoms with Gasteiger partial charge >= 0.3 is 0 Å². The first-order valence-electron chi connectivity index (χ1n) is 5.78. The molecule has 0 bridgehead atoms. The van der Waals surface area contributed by atoms with Gasteiger partial charge in [-0.25, -0.2) is 4.98 Å². The molecule has 0 aliphatic carbocycles. The van der Waals surface area contributed by atoms with Crippen LogP contribution >= 0.6 is 0 Å². The number of nitrogens with two attached hydrogens (primary N) is 1. The maximum Gasteiger partial charge on any atom is 0.252 e. The molecule has 0 aromatic carbocycles. The van der Waals surface area contributed by atoms with Crippen LogP contribution in [0.4, 0.5) is 5.82 Å². The molecule has 18 heavy (non-hydrogen) atoms. The van der Waals surface area contributed by atoms with E-state index in [9.17, 15) is 9.59 Å². The molecule has 0 radical (unpaired) electrons. The van der Waals surface area contributed by atoms with Crippen LogP contribution < -0.4 is 16.6 Å². The zero-order valence-corrected chi connectivity index (χ0v) is 10.5. The van der Waals surface area contributed by atoms with Crippen LogP contribution in [0.5, 0.6) is 0 Å². The van der Waals surface area contributed by atoms with Crippen molar-refractivity contribution in [1.29, 1.82) is 0 Å². The minimum absolute atomic E-state index is 0.169. The summed E-state index contributed by atoms with van der Waals surface area (Å²) in [6.07, 6.45) is -0.0759. The maximum atomic E-state index is 11.5. The second-order valence-corrected chi connectivity index (χ2v) is 3.76. The van der Waals surface area contributed by atoms with Gasteiger partial charge in [-0.05, 0) is 13.8 Å². The molecule has 0 saturated carbocycles. The third-order valence-electron chi connectivity index (χ3n) is 2.26. The van der Waals surface area contributed by atoms with E-state index in [0.717, 1.165) is 0 Å². The molecule has 0 fully saturated rings. The van der Waals surface area contributed by atoms with Crippen LogP contribution in [0, 0.1) is 0 Å². The maximum absolute atomic E-state index is 11.5. The Morgan fingerprint density at radius 2 is 2.39 bits per heavy atom. The monoisotopic (exact) mass is 254 g/mol. The Labute approximate surface area is 105 Å². The number of aromatic amines is 1. The first kappa shape index (κ1) is 14.2. The number of hydrogen-bond donors (Lipinski definition) is 3. The van der Waals surface area contributed by atoms with E-state index in [2.05, 4.69) is 15.3 Å². The SMILES string of the molecule is CCOC(C)C(=O)NCCc1nc(N)cc(=O)[nH]1. The molecular weight excluding hydrogens is 236 g/mol. The number of amides is 1. The number of aromatic nitrogens is 2. The van der Waals surface area contributed by atoms with Crippen molar-refractivity contribution in [3.8, 4) is 0 Å². The molecule has 1 atom stereocenters. The zero-order valence-electron chi connectivity index (χ0n) is 10.5. The van der Waals surface area contributed by atoms with Gasteiger partial charge in [-0.3, -0.25) is 9.59 Å². The minimum Gasteiger partial charge on any atom is -0.383 e. The number of nitrogens with zero attached hydrogens (tertiary/aromatic N) is 1. The highest BCUT2D eigenvalue weighted by Gasteiger charge is 2.11. The van der Waals surface area contributed by atoms with Gasteiger partial charge in [0.2, 0.25) is 5.91 Å². The van der Waals surface area contributed by atoms with Gasteiger partial charge in [0.25, 0.3) is 5.56 Å². The van der Waals surface area contributed by atoms with E-state index in [1.54, 1.807) is 6.92 Å². The third kappa shape index (κ3) is 4.54. The zero-order chi connectivity index (χ0) is 13.5. The highest BCUT2D eigenvalue weighted by atomic mass is 16.5. The molecule has 0 saturated heterocycles. The Hall–Kier alpha value is -1.89. The fourth-order valence-electron chi connectivity index (χ4n) is 1.42. The molecular formula is C11H18N4O3. The number of carbonyl (C=O) groups excluding carboxylic acids is 1. The normalized spacial score (nSPS) is 12.1. The second kappa shape index (κ2) is 6.75. The second-order valence-electron chi connectivity index (χ2n) is 3.76. The highest BCUT2D eigenvalue weighted by Crippen LogP contribution is 1.94. The van der Waals surface area contributed by atoms with E-state index in [0.29, 0.717) is 25.4 Å². The van der Waals surface area contributed by atoms with Gasteiger partial charge in [0.1, 0.15) is 17.7 Å². The summed E-state index contributed by atoms with van der Waals surface area (Å²) in [7, 11) is 0. The summed E-state index contributed by atoms with van der Waals surface area (Å²) >= 11 is 0. The molecule has 1 aromatic rings. The lowest BCUT2D eigenvalue weighted by Gasteiger charge is -2.11. The number of nitrogen functional groups attached to an aromatic ring is 1. The molecule has 0 aliphatic heterocycles. The molecule has 7 nitrogen and oxygen atoms in total. The van der Waals surface area contributed by atoms with Gasteiger partial charge in [0.05, 0.1) is 0 Å². The van der Waals surface area contributed by atoms with Crippen LogP contribution in [0.2, 0.25) is 0 Å². The fourth-order valence-corrected chi connectivity index (χ4v) is 1.42. The van der Waals surface area contributed by atoms with Crippen molar-refractivity contribution in [1.82, 2.24) is 15.3 Å². The van der Waals surface area contributed by atoms with Gasteiger partial charge in [0, 0.05) is 25.6 Å². The van der Waals surface area contributed by atoms with Gasteiger partial charge in [-0.15, -0.1) is 0 Å². The predicted octanol–water partition coefficient (Wildman–Crippen LogP) is -0.564. The number of carbonyl (C=O) groups is 1. The molecule has 1 amide bonds. The van der Waals surface area contributed by atoms with Gasteiger partial charge in [0.15, 0.2) is 0 Å². The number of H-pyrrole nitrogens is 1. The molecule has 1 unspecified atom stereocenters. The van der Waals surface area contributed by atoms with Crippen molar-refractivity contribution < 1.29 is 9.53 Å². The Kier molecular flexibility index (Phi) is 5.31. The van der Waals surface area contributed by atoms with Crippen molar-refractivity contribution in [3.05, 3.63) is 22.2 Å². The third-order valence-corrected chi connectivity index (χ3v) is 2.26. The Balaban J connectivity index is 2.42. The first-order valence-corrected chi connectivity index (χ1v) is 5.78.